The lowest BCUT2D eigenvalue weighted by molar-refractivity contribution is 0.301. The summed E-state index contributed by atoms with van der Waals surface area (Å²) in [6.45, 7) is 0.758. The highest BCUT2D eigenvalue weighted by molar-refractivity contribution is 14.1. The molecular formula is C3H8INO. The zero-order valence-corrected chi connectivity index (χ0v) is 5.55. The van der Waals surface area contributed by atoms with Gasteiger partial charge in [-0.05, 0) is 0 Å². The van der Waals surface area contributed by atoms with Crippen LogP contribution in [0.5, 0.6) is 0 Å². The quantitative estimate of drug-likeness (QED) is 0.477. The van der Waals surface area contributed by atoms with E-state index in [2.05, 4.69) is 22.6 Å². The normalized spacial score (nSPS) is 14.5. The molecule has 0 aromatic rings. The van der Waals surface area contributed by atoms with Crippen LogP contribution in [-0.2, 0) is 0 Å². The van der Waals surface area contributed by atoms with E-state index in [4.69, 9.17) is 10.8 Å². The Kier molecular flexibility index (Phi) is 4.24. The molecular weight excluding hydrogens is 193 g/mol. The van der Waals surface area contributed by atoms with Gasteiger partial charge in [0.05, 0.1) is 6.61 Å². The van der Waals surface area contributed by atoms with Gasteiger partial charge in [0.25, 0.3) is 0 Å². The lowest BCUT2D eigenvalue weighted by Gasteiger charge is -1.96. The van der Waals surface area contributed by atoms with Crippen molar-refractivity contribution >= 4 is 22.6 Å². The minimum absolute atomic E-state index is 0.192. The zero-order chi connectivity index (χ0) is 4.99. The van der Waals surface area contributed by atoms with Gasteiger partial charge in [-0.2, -0.15) is 0 Å². The molecule has 1 unspecified atom stereocenters. The van der Waals surface area contributed by atoms with Crippen LogP contribution < -0.4 is 5.73 Å². The first-order chi connectivity index (χ1) is 2.81. The molecule has 0 aliphatic carbocycles. The predicted molar refractivity (Wildman–Crippen MR) is 33.9 cm³/mol. The molecule has 0 aromatic carbocycles. The van der Waals surface area contributed by atoms with Crippen LogP contribution in [0.2, 0.25) is 0 Å². The Morgan fingerprint density at radius 1 is 1.83 bits per heavy atom. The van der Waals surface area contributed by atoms with Crippen LogP contribution in [0.1, 0.15) is 0 Å². The molecule has 2 nitrogen and oxygen atoms in total. The molecule has 0 heterocycles. The largest absolute Gasteiger partial charge is 0.395 e. The summed E-state index contributed by atoms with van der Waals surface area (Å²) in [4.78, 5) is 0. The molecule has 0 aliphatic heterocycles. The molecule has 38 valence electrons. The van der Waals surface area contributed by atoms with E-state index >= 15 is 0 Å². The Hall–Kier alpha value is 0.650. The molecule has 0 fully saturated rings. The summed E-state index contributed by atoms with van der Waals surface area (Å²) in [5, 5.41) is 8.25. The molecule has 3 N–H and O–H groups in total. The van der Waals surface area contributed by atoms with Crippen LogP contribution in [0.25, 0.3) is 0 Å². The van der Waals surface area contributed by atoms with Crippen molar-refractivity contribution in [3.8, 4) is 0 Å². The van der Waals surface area contributed by atoms with Crippen LogP contribution in [0.3, 0.4) is 0 Å². The molecule has 0 bridgehead atoms. The summed E-state index contributed by atoms with van der Waals surface area (Å²) in [5.41, 5.74) is 5.12. The van der Waals surface area contributed by atoms with Gasteiger partial charge in [0.2, 0.25) is 0 Å². The molecule has 6 heavy (non-hydrogen) atoms. The lowest BCUT2D eigenvalue weighted by Crippen LogP contribution is -2.16. The van der Waals surface area contributed by atoms with Crippen molar-refractivity contribution in [1.82, 2.24) is 0 Å². The van der Waals surface area contributed by atoms with Gasteiger partial charge < -0.3 is 10.8 Å². The van der Waals surface area contributed by atoms with Crippen molar-refractivity contribution in [3.05, 3.63) is 0 Å². The second-order valence-corrected chi connectivity index (χ2v) is 2.78. The van der Waals surface area contributed by atoms with E-state index in [-0.39, 0.29) is 10.5 Å². The smallest absolute Gasteiger partial charge is 0.0561 e. The number of hydrogen-bond donors (Lipinski definition) is 2. The maximum absolute atomic E-state index is 8.25. The van der Waals surface area contributed by atoms with Gasteiger partial charge in [-0.15, -0.1) is 0 Å². The van der Waals surface area contributed by atoms with Crippen molar-refractivity contribution in [2.24, 2.45) is 5.73 Å². The van der Waals surface area contributed by atoms with Gasteiger partial charge in [-0.3, -0.25) is 0 Å². The molecule has 0 aromatic heterocycles. The maximum atomic E-state index is 8.25. The summed E-state index contributed by atoms with van der Waals surface area (Å²) in [6.07, 6.45) is 0. The van der Waals surface area contributed by atoms with Crippen LogP contribution in [0.4, 0.5) is 0 Å². The zero-order valence-electron chi connectivity index (χ0n) is 3.39. The minimum atomic E-state index is 0.192. The highest BCUT2D eigenvalue weighted by atomic mass is 127. The summed E-state index contributed by atoms with van der Waals surface area (Å²) >= 11 is 2.09. The lowest BCUT2D eigenvalue weighted by atomic mass is 10.5. The Balaban J connectivity index is 2.75. The van der Waals surface area contributed by atoms with Crippen molar-refractivity contribution in [3.63, 3.8) is 0 Å². The standard InChI is InChI=1S/C3H8INO/c4-3(1-5)2-6/h3,6H,1-2,5H2. The minimum Gasteiger partial charge on any atom is -0.395 e. The molecule has 3 heteroatoms. The molecule has 0 saturated carbocycles. The van der Waals surface area contributed by atoms with E-state index in [9.17, 15) is 0 Å². The monoisotopic (exact) mass is 201 g/mol. The number of hydrogen-bond acceptors (Lipinski definition) is 2. The van der Waals surface area contributed by atoms with E-state index in [0.717, 1.165) is 0 Å². The fraction of sp³-hybridized carbons (Fsp3) is 1.00. The van der Waals surface area contributed by atoms with Gasteiger partial charge in [0, 0.05) is 10.5 Å². The Bertz CT molecular complexity index is 30.0. The van der Waals surface area contributed by atoms with Crippen LogP contribution in [0, 0.1) is 0 Å². The van der Waals surface area contributed by atoms with Crippen molar-refractivity contribution < 1.29 is 5.11 Å². The van der Waals surface area contributed by atoms with Gasteiger partial charge in [0.1, 0.15) is 0 Å². The van der Waals surface area contributed by atoms with Gasteiger partial charge in [-0.25, -0.2) is 0 Å². The third-order valence-electron chi connectivity index (χ3n) is 0.454. The number of aliphatic hydroxyl groups is 1. The average molecular weight is 201 g/mol. The first-order valence-electron chi connectivity index (χ1n) is 1.76. The van der Waals surface area contributed by atoms with Crippen LogP contribution >= 0.6 is 22.6 Å². The maximum Gasteiger partial charge on any atom is 0.0561 e. The SMILES string of the molecule is NCC(I)CO. The Morgan fingerprint density at radius 2 is 2.33 bits per heavy atom. The van der Waals surface area contributed by atoms with Crippen molar-refractivity contribution in [2.75, 3.05) is 13.2 Å². The van der Waals surface area contributed by atoms with E-state index in [0.29, 0.717) is 6.54 Å². The van der Waals surface area contributed by atoms with Crippen LogP contribution in [-0.4, -0.2) is 22.2 Å². The number of nitrogens with two attached hydrogens (primary N) is 1. The Morgan fingerprint density at radius 3 is 2.33 bits per heavy atom. The van der Waals surface area contributed by atoms with E-state index in [1.54, 1.807) is 0 Å². The number of aliphatic hydroxyl groups excluding tert-OH is 1. The second kappa shape index (κ2) is 3.83. The molecule has 0 rings (SSSR count). The van der Waals surface area contributed by atoms with E-state index < -0.39 is 0 Å². The first kappa shape index (κ1) is 6.65. The highest BCUT2D eigenvalue weighted by Gasteiger charge is 1.92. The van der Waals surface area contributed by atoms with Crippen molar-refractivity contribution in [2.45, 2.75) is 3.92 Å². The number of alkyl halides is 1. The molecule has 0 amide bonds. The molecule has 0 radical (unpaired) electrons. The van der Waals surface area contributed by atoms with Gasteiger partial charge in [0.15, 0.2) is 0 Å². The second-order valence-electron chi connectivity index (χ2n) is 1.02. The summed E-state index contributed by atoms with van der Waals surface area (Å²) in [7, 11) is 0. The molecule has 0 saturated heterocycles. The first-order valence-corrected chi connectivity index (χ1v) is 3.00. The number of rotatable bonds is 2. The van der Waals surface area contributed by atoms with E-state index in [1.807, 2.05) is 0 Å². The van der Waals surface area contributed by atoms with Gasteiger partial charge in [-0.1, -0.05) is 22.6 Å². The molecule has 0 spiro atoms. The highest BCUT2D eigenvalue weighted by Crippen LogP contribution is 1.92. The van der Waals surface area contributed by atoms with Gasteiger partial charge >= 0.3 is 0 Å². The summed E-state index contributed by atoms with van der Waals surface area (Å²) in [6, 6.07) is 0. The fourth-order valence-electron chi connectivity index (χ4n) is 0.0745. The molecule has 0 aliphatic rings. The van der Waals surface area contributed by atoms with Crippen LogP contribution in [0.15, 0.2) is 0 Å². The number of halogens is 1. The fourth-order valence-corrected chi connectivity index (χ4v) is 0.0745. The predicted octanol–water partition coefficient (Wildman–Crippen LogP) is -0.259. The average Bonchev–Trinajstić information content (AvgIpc) is 1.65. The molecule has 1 atom stereocenters. The third kappa shape index (κ3) is 2.87. The Labute approximate surface area is 50.9 Å². The van der Waals surface area contributed by atoms with Crippen molar-refractivity contribution in [1.29, 1.82) is 0 Å². The topological polar surface area (TPSA) is 46.2 Å². The summed E-state index contributed by atoms with van der Waals surface area (Å²) in [5.74, 6) is 0. The summed E-state index contributed by atoms with van der Waals surface area (Å²) < 4.78 is 0.239. The third-order valence-corrected chi connectivity index (χ3v) is 1.36. The van der Waals surface area contributed by atoms with E-state index in [1.165, 1.54) is 0 Å².